The predicted molar refractivity (Wildman–Crippen MR) is 279 cm³/mol. The fourth-order valence-electron chi connectivity index (χ4n) is 7.59. The molecule has 11 nitrogen and oxygen atoms in total. The molecule has 0 bridgehead atoms. The summed E-state index contributed by atoms with van der Waals surface area (Å²) in [5, 5.41) is 48.4. The van der Waals surface area contributed by atoms with Crippen molar-refractivity contribution in [3.63, 3.8) is 0 Å². The van der Waals surface area contributed by atoms with Crippen molar-refractivity contribution in [2.75, 3.05) is 0 Å². The zero-order chi connectivity index (χ0) is 50.4. The van der Waals surface area contributed by atoms with Gasteiger partial charge in [0.15, 0.2) is 0 Å². The van der Waals surface area contributed by atoms with E-state index in [1.165, 1.54) is 17.3 Å². The lowest BCUT2D eigenvalue weighted by Gasteiger charge is -2.35. The number of hydrogen-bond donors (Lipinski definition) is 4. The number of thioether (sulfide) groups is 1. The van der Waals surface area contributed by atoms with Crippen molar-refractivity contribution in [3.8, 4) is 0 Å². The van der Waals surface area contributed by atoms with Gasteiger partial charge in [-0.05, 0) is 112 Å². The highest BCUT2D eigenvalue weighted by Gasteiger charge is 2.41. The molecule has 0 spiro atoms. The fraction of sp³-hybridized carbons (Fsp3) is 0.615. The molecule has 0 fully saturated rings. The topological polar surface area (TPSA) is 176 Å². The van der Waals surface area contributed by atoms with E-state index in [9.17, 15) is 34.2 Å². The number of hydrogen-bond acceptors (Lipinski definition) is 14. The minimum absolute atomic E-state index is 0.00870. The Labute approximate surface area is 415 Å². The number of carbonyl (C=O) groups excluding carboxylic acids is 2. The number of nitrogens with zero attached hydrogens (tertiary/aromatic N) is 2. The SMILES string of the molecule is C/C1=C/C[C@@H](/C(C)=C/c2csc(C)n2)OC(=O)C[C@H](O)C(C)(C)S(=O)[C@H](C)[C@@H](O)[C@@H](C)/C=C\C1.C/C1=C/C[C@@H](/C(C)=C/c2csc(C)n2)OC(=O)C[C@H](O)C(C)(C)S[C@H](C)[C@@H](O)[C@@H](C)/C=C\C1. The first-order chi connectivity index (χ1) is 31.2. The van der Waals surface area contributed by atoms with E-state index in [0.29, 0.717) is 19.3 Å². The van der Waals surface area contributed by atoms with Crippen LogP contribution in [0.4, 0.5) is 0 Å². The first-order valence-corrected chi connectivity index (χ1v) is 27.1. The number of ether oxygens (including phenoxy) is 2. The number of aliphatic hydroxyl groups excluding tert-OH is 4. The molecule has 2 aliphatic rings. The largest absolute Gasteiger partial charge is 0.457 e. The molecule has 4 N–H and O–H groups in total. The molecule has 374 valence electrons. The van der Waals surface area contributed by atoms with E-state index in [1.54, 1.807) is 43.4 Å². The van der Waals surface area contributed by atoms with Crippen molar-refractivity contribution in [1.29, 1.82) is 0 Å². The highest BCUT2D eigenvalue weighted by Crippen LogP contribution is 2.37. The van der Waals surface area contributed by atoms with Gasteiger partial charge in [0.05, 0.1) is 68.7 Å². The number of carbonyl (C=O) groups is 2. The number of allylic oxidation sites excluding steroid dienone is 4. The summed E-state index contributed by atoms with van der Waals surface area (Å²) in [6.07, 6.45) is 13.9. The van der Waals surface area contributed by atoms with Crippen LogP contribution >= 0.6 is 34.4 Å². The van der Waals surface area contributed by atoms with Gasteiger partial charge < -0.3 is 29.9 Å². The zero-order valence-electron chi connectivity index (χ0n) is 42.1. The zero-order valence-corrected chi connectivity index (χ0v) is 45.4. The molecule has 15 heteroatoms. The van der Waals surface area contributed by atoms with Crippen LogP contribution in [0.1, 0.15) is 143 Å². The lowest BCUT2D eigenvalue weighted by molar-refractivity contribution is -0.150. The third-order valence-corrected chi connectivity index (χ3v) is 17.8. The van der Waals surface area contributed by atoms with Crippen molar-refractivity contribution in [1.82, 2.24) is 9.97 Å². The predicted octanol–water partition coefficient (Wildman–Crippen LogP) is 10.4. The van der Waals surface area contributed by atoms with Crippen molar-refractivity contribution < 1.29 is 43.7 Å². The minimum Gasteiger partial charge on any atom is -0.457 e. The lowest BCUT2D eigenvalue weighted by Crippen LogP contribution is -2.48. The van der Waals surface area contributed by atoms with E-state index >= 15 is 0 Å². The summed E-state index contributed by atoms with van der Waals surface area (Å²) < 4.78 is 23.2. The van der Waals surface area contributed by atoms with Gasteiger partial charge in [0.1, 0.15) is 12.2 Å². The third kappa shape index (κ3) is 18.7. The Kier molecular flexibility index (Phi) is 23.3. The molecule has 0 aliphatic carbocycles. The van der Waals surface area contributed by atoms with Gasteiger partial charge in [-0.3, -0.25) is 13.8 Å². The first-order valence-electron chi connectivity index (χ1n) is 23.3. The first kappa shape index (κ1) is 58.3. The number of esters is 2. The van der Waals surface area contributed by atoms with Crippen LogP contribution in [0.5, 0.6) is 0 Å². The van der Waals surface area contributed by atoms with Crippen molar-refractivity contribution >= 4 is 69.3 Å². The van der Waals surface area contributed by atoms with Crippen LogP contribution in [0.15, 0.2) is 69.5 Å². The average Bonchev–Trinajstić information content (AvgIpc) is 3.87. The molecular formula is C52H78N2O9S4. The number of cyclic esters (lactones) is 2. The van der Waals surface area contributed by atoms with E-state index in [2.05, 4.69) is 41.2 Å². The second-order valence-corrected chi connectivity index (χ2v) is 25.9. The maximum absolute atomic E-state index is 13.3. The van der Waals surface area contributed by atoms with Crippen LogP contribution in [-0.4, -0.2) is 103 Å². The Hall–Kier alpha value is -3.02. The van der Waals surface area contributed by atoms with Gasteiger partial charge in [-0.25, -0.2) is 9.97 Å². The molecule has 2 aliphatic heterocycles. The van der Waals surface area contributed by atoms with Gasteiger partial charge >= 0.3 is 11.9 Å². The summed E-state index contributed by atoms with van der Waals surface area (Å²) in [7, 11) is -1.59. The van der Waals surface area contributed by atoms with Gasteiger partial charge in [-0.15, -0.1) is 34.4 Å². The number of aromatic nitrogens is 2. The summed E-state index contributed by atoms with van der Waals surface area (Å²) in [5.41, 5.74) is 5.75. The van der Waals surface area contributed by atoms with Gasteiger partial charge in [-0.1, -0.05) is 68.4 Å². The number of rotatable bonds is 4. The van der Waals surface area contributed by atoms with Crippen molar-refractivity contribution in [2.45, 2.75) is 192 Å². The molecule has 4 heterocycles. The molecule has 11 atom stereocenters. The van der Waals surface area contributed by atoms with E-state index in [1.807, 2.05) is 104 Å². The summed E-state index contributed by atoms with van der Waals surface area (Å²) in [6, 6.07) is 0. The number of aliphatic hydroxyl groups is 4. The highest BCUT2D eigenvalue weighted by molar-refractivity contribution is 8.01. The molecule has 2 aromatic heterocycles. The monoisotopic (exact) mass is 1000 g/mol. The molecule has 0 saturated heterocycles. The Bertz CT molecular complexity index is 2150. The van der Waals surface area contributed by atoms with E-state index < -0.39 is 74.1 Å². The van der Waals surface area contributed by atoms with Crippen molar-refractivity contribution in [3.05, 3.63) is 90.9 Å². The Morgan fingerprint density at radius 3 is 1.54 bits per heavy atom. The number of aryl methyl sites for hydroxylation is 2. The fourth-order valence-corrected chi connectivity index (χ4v) is 12.1. The summed E-state index contributed by atoms with van der Waals surface area (Å²) in [4.78, 5) is 34.6. The van der Waals surface area contributed by atoms with Crippen LogP contribution in [0.25, 0.3) is 12.2 Å². The molecule has 2 aromatic rings. The Balaban J connectivity index is 0.000000355. The molecule has 0 radical (unpaired) electrons. The molecule has 0 amide bonds. The lowest BCUT2D eigenvalue weighted by atomic mass is 10.00. The standard InChI is InChI=1S/C26H39NO5S2.C26H39NO4S2/c1-16-9-8-10-17(2)25(30)19(4)34(31)26(6,7)23(28)14-24(29)32-22(12-11-16)18(3)13-21-15-33-20(5)27-21;1-16-9-8-10-17(2)25(30)19(4)33-26(6,7)23(28)14-24(29)31-22(12-11-16)18(3)13-21-15-32-20(5)27-21/h8,10-11,13,15,17,19,22-23,25,28,30H,9,12,14H2,1-7H3;8,10-11,13,15,17,19,22-23,25,28,30H,9,12,14H2,1-7H3/b2*10-8-,16-11-,18-13+/t17-,19+,22-,23-,25-,34?;17-,19+,22-,23-,25-/m00/s1. The average molecular weight is 1000 g/mol. The Morgan fingerprint density at radius 1 is 0.701 bits per heavy atom. The van der Waals surface area contributed by atoms with Crippen LogP contribution in [-0.2, 0) is 29.9 Å². The van der Waals surface area contributed by atoms with Crippen LogP contribution in [0.2, 0.25) is 0 Å². The maximum Gasteiger partial charge on any atom is 0.309 e. The molecule has 1 unspecified atom stereocenters. The number of thiazole rings is 2. The molecule has 67 heavy (non-hydrogen) atoms. The van der Waals surface area contributed by atoms with E-state index in [0.717, 1.165) is 44.5 Å². The summed E-state index contributed by atoms with van der Waals surface area (Å²) in [6.45, 7) is 26.5. The van der Waals surface area contributed by atoms with Gasteiger partial charge in [0.2, 0.25) is 0 Å². The maximum atomic E-state index is 13.3. The van der Waals surface area contributed by atoms with Crippen molar-refractivity contribution in [2.24, 2.45) is 11.8 Å². The second-order valence-electron chi connectivity index (χ2n) is 19.3. The molecule has 0 aromatic carbocycles. The molecular weight excluding hydrogens is 925 g/mol. The minimum atomic E-state index is -1.59. The van der Waals surface area contributed by atoms with Gasteiger partial charge in [-0.2, -0.15) is 0 Å². The smallest absolute Gasteiger partial charge is 0.309 e. The second kappa shape index (κ2) is 26.8. The van der Waals surface area contributed by atoms with E-state index in [-0.39, 0.29) is 29.9 Å². The Morgan fingerprint density at radius 2 is 1.12 bits per heavy atom. The molecule has 4 rings (SSSR count). The normalized spacial score (nSPS) is 33.9. The summed E-state index contributed by atoms with van der Waals surface area (Å²) in [5.74, 6) is -1.19. The van der Waals surface area contributed by atoms with E-state index in [4.69, 9.17) is 9.47 Å². The summed E-state index contributed by atoms with van der Waals surface area (Å²) >= 11 is 4.64. The van der Waals surface area contributed by atoms with Gasteiger partial charge in [0.25, 0.3) is 0 Å². The quantitative estimate of drug-likeness (QED) is 0.169. The van der Waals surface area contributed by atoms with Crippen LogP contribution < -0.4 is 0 Å². The third-order valence-electron chi connectivity index (χ3n) is 12.4. The van der Waals surface area contributed by atoms with Gasteiger partial charge in [0, 0.05) is 56.2 Å². The molecule has 0 saturated carbocycles. The van der Waals surface area contributed by atoms with Crippen LogP contribution in [0.3, 0.4) is 0 Å². The van der Waals surface area contributed by atoms with Crippen LogP contribution in [0, 0.1) is 25.7 Å². The highest BCUT2D eigenvalue weighted by atomic mass is 32.2.